The van der Waals surface area contributed by atoms with E-state index in [1.54, 1.807) is 12.4 Å². The molecule has 3 nitrogen and oxygen atoms in total. The van der Waals surface area contributed by atoms with E-state index in [2.05, 4.69) is 27.4 Å². The van der Waals surface area contributed by atoms with Crippen LogP contribution in [-0.2, 0) is 6.54 Å². The molecule has 0 aliphatic rings. The summed E-state index contributed by atoms with van der Waals surface area (Å²) in [5.41, 5.74) is 2.16. The van der Waals surface area contributed by atoms with Crippen LogP contribution in [0.5, 0.6) is 0 Å². The molecule has 1 aromatic heterocycles. The van der Waals surface area contributed by atoms with Gasteiger partial charge in [-0.2, -0.15) is 0 Å². The first kappa shape index (κ1) is 13.5. The zero-order valence-electron chi connectivity index (χ0n) is 11.5. The number of imidazole rings is 1. The Kier molecular flexibility index (Phi) is 4.07. The number of halogens is 1. The summed E-state index contributed by atoms with van der Waals surface area (Å²) in [5.74, 6) is 0.648. The van der Waals surface area contributed by atoms with Gasteiger partial charge in [0.1, 0.15) is 11.6 Å². The van der Waals surface area contributed by atoms with Gasteiger partial charge in [0.2, 0.25) is 0 Å². The zero-order chi connectivity index (χ0) is 14.5. The van der Waals surface area contributed by atoms with Crippen molar-refractivity contribution < 1.29 is 4.39 Å². The highest BCUT2D eigenvalue weighted by Crippen LogP contribution is 2.22. The number of nitrogens with one attached hydrogen (secondary N) is 2. The SMILES string of the molecule is Fc1ccc(C(NCc2ncc[nH]2)c2ccccc2)cc1. The molecule has 21 heavy (non-hydrogen) atoms. The first-order chi connectivity index (χ1) is 10.3. The van der Waals surface area contributed by atoms with E-state index in [0.29, 0.717) is 6.54 Å². The summed E-state index contributed by atoms with van der Waals surface area (Å²) in [6.45, 7) is 0.615. The molecule has 2 aromatic carbocycles. The molecule has 0 bridgehead atoms. The Morgan fingerprint density at radius 2 is 1.71 bits per heavy atom. The van der Waals surface area contributed by atoms with Crippen molar-refractivity contribution in [2.45, 2.75) is 12.6 Å². The third kappa shape index (κ3) is 3.35. The Morgan fingerprint density at radius 3 is 2.38 bits per heavy atom. The van der Waals surface area contributed by atoms with Crippen LogP contribution in [0.15, 0.2) is 67.0 Å². The smallest absolute Gasteiger partial charge is 0.123 e. The van der Waals surface area contributed by atoms with Crippen LogP contribution in [0.1, 0.15) is 23.0 Å². The average molecular weight is 281 g/mol. The Bertz CT molecular complexity index is 663. The second kappa shape index (κ2) is 6.33. The van der Waals surface area contributed by atoms with E-state index in [-0.39, 0.29) is 11.9 Å². The van der Waals surface area contributed by atoms with Crippen molar-refractivity contribution >= 4 is 0 Å². The average Bonchev–Trinajstić information content (AvgIpc) is 3.04. The lowest BCUT2D eigenvalue weighted by molar-refractivity contribution is 0.585. The summed E-state index contributed by atoms with van der Waals surface area (Å²) < 4.78 is 13.1. The van der Waals surface area contributed by atoms with E-state index in [1.807, 2.05) is 30.3 Å². The van der Waals surface area contributed by atoms with Gasteiger partial charge in [0.05, 0.1) is 12.6 Å². The standard InChI is InChI=1S/C17H16FN3/c18-15-8-6-14(7-9-15)17(13-4-2-1-3-5-13)21-12-16-19-10-11-20-16/h1-11,17,21H,12H2,(H,19,20). The normalized spacial score (nSPS) is 12.2. The maximum absolute atomic E-state index is 13.1. The van der Waals surface area contributed by atoms with E-state index < -0.39 is 0 Å². The number of aromatic nitrogens is 2. The summed E-state index contributed by atoms with van der Waals surface area (Å²) in [7, 11) is 0. The van der Waals surface area contributed by atoms with Crippen molar-refractivity contribution in [3.63, 3.8) is 0 Å². The lowest BCUT2D eigenvalue weighted by Gasteiger charge is -2.19. The van der Waals surface area contributed by atoms with Crippen LogP contribution in [0, 0.1) is 5.82 Å². The molecular weight excluding hydrogens is 265 g/mol. The van der Waals surface area contributed by atoms with Crippen LogP contribution in [0.4, 0.5) is 4.39 Å². The van der Waals surface area contributed by atoms with Crippen LogP contribution in [0.3, 0.4) is 0 Å². The number of H-pyrrole nitrogens is 1. The van der Waals surface area contributed by atoms with E-state index in [9.17, 15) is 4.39 Å². The predicted octanol–water partition coefficient (Wildman–Crippen LogP) is 3.43. The molecule has 0 spiro atoms. The summed E-state index contributed by atoms with van der Waals surface area (Å²) in [5, 5.41) is 3.46. The minimum atomic E-state index is -0.225. The summed E-state index contributed by atoms with van der Waals surface area (Å²) in [4.78, 5) is 7.28. The van der Waals surface area contributed by atoms with E-state index in [1.165, 1.54) is 12.1 Å². The van der Waals surface area contributed by atoms with Crippen molar-refractivity contribution in [2.24, 2.45) is 0 Å². The first-order valence-corrected chi connectivity index (χ1v) is 6.85. The lowest BCUT2D eigenvalue weighted by atomic mass is 9.98. The van der Waals surface area contributed by atoms with Gasteiger partial charge in [-0.15, -0.1) is 0 Å². The number of aromatic amines is 1. The molecule has 0 amide bonds. The number of benzene rings is 2. The molecule has 0 aliphatic heterocycles. The molecule has 1 heterocycles. The van der Waals surface area contributed by atoms with Gasteiger partial charge in [-0.05, 0) is 23.3 Å². The molecule has 1 unspecified atom stereocenters. The van der Waals surface area contributed by atoms with E-state index >= 15 is 0 Å². The highest BCUT2D eigenvalue weighted by molar-refractivity contribution is 5.31. The summed E-state index contributed by atoms with van der Waals surface area (Å²) >= 11 is 0. The molecule has 1 atom stereocenters. The molecule has 0 fully saturated rings. The molecule has 0 saturated heterocycles. The molecule has 0 aliphatic carbocycles. The summed E-state index contributed by atoms with van der Waals surface area (Å²) in [6.07, 6.45) is 3.53. The fraction of sp³-hybridized carbons (Fsp3) is 0.118. The Balaban J connectivity index is 1.85. The largest absolute Gasteiger partial charge is 0.348 e. The maximum atomic E-state index is 13.1. The van der Waals surface area contributed by atoms with Crippen molar-refractivity contribution in [3.05, 3.63) is 89.8 Å². The van der Waals surface area contributed by atoms with Gasteiger partial charge >= 0.3 is 0 Å². The van der Waals surface area contributed by atoms with E-state index in [0.717, 1.165) is 17.0 Å². The number of hydrogen-bond donors (Lipinski definition) is 2. The highest BCUT2D eigenvalue weighted by Gasteiger charge is 2.13. The minimum Gasteiger partial charge on any atom is -0.348 e. The minimum absolute atomic E-state index is 0.00287. The molecule has 4 heteroatoms. The van der Waals surface area contributed by atoms with Crippen LogP contribution in [0.2, 0.25) is 0 Å². The van der Waals surface area contributed by atoms with Crippen LogP contribution in [0.25, 0.3) is 0 Å². The van der Waals surface area contributed by atoms with Crippen molar-refractivity contribution in [2.75, 3.05) is 0 Å². The Hall–Kier alpha value is -2.46. The summed E-state index contributed by atoms with van der Waals surface area (Å²) in [6, 6.07) is 16.7. The molecule has 106 valence electrons. The van der Waals surface area contributed by atoms with Gasteiger partial charge in [0.15, 0.2) is 0 Å². The van der Waals surface area contributed by atoms with Crippen LogP contribution >= 0.6 is 0 Å². The second-order valence-electron chi connectivity index (χ2n) is 4.81. The van der Waals surface area contributed by atoms with Crippen LogP contribution < -0.4 is 5.32 Å². The maximum Gasteiger partial charge on any atom is 0.123 e. The van der Waals surface area contributed by atoms with Gasteiger partial charge in [-0.25, -0.2) is 9.37 Å². The van der Waals surface area contributed by atoms with E-state index in [4.69, 9.17) is 0 Å². The second-order valence-corrected chi connectivity index (χ2v) is 4.81. The third-order valence-corrected chi connectivity index (χ3v) is 3.36. The van der Waals surface area contributed by atoms with Crippen molar-refractivity contribution in [3.8, 4) is 0 Å². The van der Waals surface area contributed by atoms with Gasteiger partial charge < -0.3 is 4.98 Å². The van der Waals surface area contributed by atoms with Gasteiger partial charge in [0.25, 0.3) is 0 Å². The topological polar surface area (TPSA) is 40.7 Å². The van der Waals surface area contributed by atoms with Crippen molar-refractivity contribution in [1.29, 1.82) is 0 Å². The van der Waals surface area contributed by atoms with Crippen molar-refractivity contribution in [1.82, 2.24) is 15.3 Å². The van der Waals surface area contributed by atoms with Gasteiger partial charge in [0, 0.05) is 12.4 Å². The first-order valence-electron chi connectivity index (χ1n) is 6.85. The predicted molar refractivity (Wildman–Crippen MR) is 80.1 cm³/mol. The fourth-order valence-corrected chi connectivity index (χ4v) is 2.32. The number of hydrogen-bond acceptors (Lipinski definition) is 2. The highest BCUT2D eigenvalue weighted by atomic mass is 19.1. The molecule has 3 rings (SSSR count). The quantitative estimate of drug-likeness (QED) is 0.752. The van der Waals surface area contributed by atoms with Gasteiger partial charge in [-0.1, -0.05) is 42.5 Å². The third-order valence-electron chi connectivity index (χ3n) is 3.36. The zero-order valence-corrected chi connectivity index (χ0v) is 11.5. The number of rotatable bonds is 5. The Morgan fingerprint density at radius 1 is 1.00 bits per heavy atom. The Labute approximate surface area is 122 Å². The molecule has 0 saturated carbocycles. The molecule has 0 radical (unpaired) electrons. The number of nitrogens with zero attached hydrogens (tertiary/aromatic N) is 1. The fourth-order valence-electron chi connectivity index (χ4n) is 2.32. The monoisotopic (exact) mass is 281 g/mol. The van der Waals surface area contributed by atoms with Crippen LogP contribution in [-0.4, -0.2) is 9.97 Å². The molecular formula is C17H16FN3. The molecule has 3 aromatic rings. The van der Waals surface area contributed by atoms with Gasteiger partial charge in [-0.3, -0.25) is 5.32 Å². The molecule has 2 N–H and O–H groups in total. The lowest BCUT2D eigenvalue weighted by Crippen LogP contribution is -2.22.